The minimum atomic E-state index is 0.181. The smallest absolute Gasteiger partial charge is 0.224 e. The fourth-order valence-corrected chi connectivity index (χ4v) is 2.27. The monoisotopic (exact) mass is 212 g/mol. The molecule has 0 aromatic rings. The van der Waals surface area contributed by atoms with E-state index in [0.717, 1.165) is 38.8 Å². The molecule has 1 saturated heterocycles. The molecule has 1 atom stereocenters. The van der Waals surface area contributed by atoms with Gasteiger partial charge in [-0.15, -0.1) is 0 Å². The molecule has 4 heteroatoms. The second-order valence-electron chi connectivity index (χ2n) is 4.58. The van der Waals surface area contributed by atoms with Gasteiger partial charge in [-0.1, -0.05) is 0 Å². The van der Waals surface area contributed by atoms with Gasteiger partial charge in [0.15, 0.2) is 0 Å². The second-order valence-corrected chi connectivity index (χ2v) is 4.58. The van der Waals surface area contributed by atoms with Crippen LogP contribution in [0, 0.1) is 5.92 Å². The van der Waals surface area contributed by atoms with E-state index in [9.17, 15) is 4.79 Å². The maximum Gasteiger partial charge on any atom is 0.224 e. The molecule has 1 heterocycles. The minimum absolute atomic E-state index is 0.181. The SMILES string of the molecule is COC1CC(NC(=O)C2CCCNC2)C1. The molecular weight excluding hydrogens is 192 g/mol. The molecule has 0 radical (unpaired) electrons. The molecule has 1 aliphatic heterocycles. The quantitative estimate of drug-likeness (QED) is 0.706. The Hall–Kier alpha value is -0.610. The van der Waals surface area contributed by atoms with Crippen LogP contribution >= 0.6 is 0 Å². The van der Waals surface area contributed by atoms with Crippen molar-refractivity contribution in [3.05, 3.63) is 0 Å². The van der Waals surface area contributed by atoms with Crippen LogP contribution in [0.5, 0.6) is 0 Å². The van der Waals surface area contributed by atoms with Crippen molar-refractivity contribution >= 4 is 5.91 Å². The van der Waals surface area contributed by atoms with Crippen LogP contribution in [0.1, 0.15) is 25.7 Å². The van der Waals surface area contributed by atoms with Crippen LogP contribution in [0.2, 0.25) is 0 Å². The first-order valence-electron chi connectivity index (χ1n) is 5.83. The number of rotatable bonds is 3. The number of methoxy groups -OCH3 is 1. The molecule has 1 amide bonds. The summed E-state index contributed by atoms with van der Waals surface area (Å²) in [6.45, 7) is 1.89. The van der Waals surface area contributed by atoms with E-state index in [1.165, 1.54) is 0 Å². The number of hydrogen-bond acceptors (Lipinski definition) is 3. The Morgan fingerprint density at radius 3 is 2.87 bits per heavy atom. The molecule has 1 aliphatic carbocycles. The van der Waals surface area contributed by atoms with Gasteiger partial charge in [0, 0.05) is 19.7 Å². The Kier molecular flexibility index (Phi) is 3.59. The summed E-state index contributed by atoms with van der Waals surface area (Å²) < 4.78 is 5.18. The third-order valence-corrected chi connectivity index (χ3v) is 3.44. The lowest BCUT2D eigenvalue weighted by atomic mass is 9.88. The van der Waals surface area contributed by atoms with E-state index in [1.54, 1.807) is 7.11 Å². The number of carbonyl (C=O) groups excluding carboxylic acids is 1. The van der Waals surface area contributed by atoms with Gasteiger partial charge in [0.2, 0.25) is 5.91 Å². The van der Waals surface area contributed by atoms with Gasteiger partial charge in [-0.05, 0) is 32.2 Å². The fourth-order valence-electron chi connectivity index (χ4n) is 2.27. The van der Waals surface area contributed by atoms with Crippen molar-refractivity contribution in [3.63, 3.8) is 0 Å². The maximum absolute atomic E-state index is 11.8. The van der Waals surface area contributed by atoms with Crippen LogP contribution in [0.15, 0.2) is 0 Å². The highest BCUT2D eigenvalue weighted by Crippen LogP contribution is 2.23. The third kappa shape index (κ3) is 2.69. The van der Waals surface area contributed by atoms with Gasteiger partial charge in [-0.25, -0.2) is 0 Å². The first kappa shape index (κ1) is 10.9. The van der Waals surface area contributed by atoms with Crippen molar-refractivity contribution in [2.45, 2.75) is 37.8 Å². The molecule has 15 heavy (non-hydrogen) atoms. The molecule has 0 spiro atoms. The van der Waals surface area contributed by atoms with Gasteiger partial charge in [0.05, 0.1) is 12.0 Å². The number of amides is 1. The summed E-state index contributed by atoms with van der Waals surface area (Å²) in [4.78, 5) is 11.8. The van der Waals surface area contributed by atoms with Gasteiger partial charge in [0.25, 0.3) is 0 Å². The van der Waals surface area contributed by atoms with E-state index >= 15 is 0 Å². The highest BCUT2D eigenvalue weighted by molar-refractivity contribution is 5.79. The van der Waals surface area contributed by atoms with Gasteiger partial charge in [-0.3, -0.25) is 4.79 Å². The zero-order valence-corrected chi connectivity index (χ0v) is 9.29. The van der Waals surface area contributed by atoms with E-state index in [-0.39, 0.29) is 11.8 Å². The molecule has 0 aromatic heterocycles. The standard InChI is InChI=1S/C11H20N2O2/c1-15-10-5-9(6-10)13-11(14)8-3-2-4-12-7-8/h8-10,12H,2-7H2,1H3,(H,13,14). The van der Waals surface area contributed by atoms with E-state index in [0.29, 0.717) is 12.1 Å². The Labute approximate surface area is 90.8 Å². The van der Waals surface area contributed by atoms with E-state index in [4.69, 9.17) is 4.74 Å². The van der Waals surface area contributed by atoms with Gasteiger partial charge >= 0.3 is 0 Å². The Balaban J connectivity index is 1.68. The summed E-state index contributed by atoms with van der Waals surface area (Å²) in [7, 11) is 1.73. The van der Waals surface area contributed by atoms with Crippen molar-refractivity contribution < 1.29 is 9.53 Å². The van der Waals surface area contributed by atoms with Crippen LogP contribution in [-0.4, -0.2) is 38.3 Å². The molecule has 0 aromatic carbocycles. The third-order valence-electron chi connectivity index (χ3n) is 3.44. The minimum Gasteiger partial charge on any atom is -0.381 e. The first-order valence-corrected chi connectivity index (χ1v) is 5.83. The summed E-state index contributed by atoms with van der Waals surface area (Å²) in [6.07, 6.45) is 4.45. The van der Waals surface area contributed by atoms with Crippen molar-refractivity contribution in [2.75, 3.05) is 20.2 Å². The summed E-state index contributed by atoms with van der Waals surface area (Å²) in [5.74, 6) is 0.405. The van der Waals surface area contributed by atoms with Crippen LogP contribution < -0.4 is 10.6 Å². The van der Waals surface area contributed by atoms with Gasteiger partial charge < -0.3 is 15.4 Å². The zero-order valence-electron chi connectivity index (χ0n) is 9.29. The molecule has 86 valence electrons. The lowest BCUT2D eigenvalue weighted by Gasteiger charge is -2.36. The number of nitrogens with one attached hydrogen (secondary N) is 2. The number of ether oxygens (including phenoxy) is 1. The van der Waals surface area contributed by atoms with Crippen molar-refractivity contribution in [2.24, 2.45) is 5.92 Å². The average Bonchev–Trinajstić information content (AvgIpc) is 2.23. The Bertz CT molecular complexity index is 221. The predicted molar refractivity (Wildman–Crippen MR) is 57.6 cm³/mol. The normalized spacial score (nSPS) is 35.7. The number of piperidine rings is 1. The zero-order chi connectivity index (χ0) is 10.7. The molecule has 2 rings (SSSR count). The topological polar surface area (TPSA) is 50.4 Å². The second kappa shape index (κ2) is 4.94. The lowest BCUT2D eigenvalue weighted by molar-refractivity contribution is -0.127. The van der Waals surface area contributed by atoms with Crippen molar-refractivity contribution in [1.29, 1.82) is 0 Å². The molecule has 1 unspecified atom stereocenters. The first-order chi connectivity index (χ1) is 7.29. The number of carbonyl (C=O) groups is 1. The highest BCUT2D eigenvalue weighted by atomic mass is 16.5. The van der Waals surface area contributed by atoms with Gasteiger partial charge in [0.1, 0.15) is 0 Å². The van der Waals surface area contributed by atoms with E-state index < -0.39 is 0 Å². The molecule has 4 nitrogen and oxygen atoms in total. The maximum atomic E-state index is 11.8. The predicted octanol–water partition coefficient (Wildman–Crippen LogP) is 0.280. The largest absolute Gasteiger partial charge is 0.381 e. The summed E-state index contributed by atoms with van der Waals surface area (Å²) >= 11 is 0. The molecule has 2 N–H and O–H groups in total. The van der Waals surface area contributed by atoms with Crippen LogP contribution in [-0.2, 0) is 9.53 Å². The average molecular weight is 212 g/mol. The van der Waals surface area contributed by atoms with E-state index in [1.807, 2.05) is 0 Å². The fraction of sp³-hybridized carbons (Fsp3) is 0.909. The van der Waals surface area contributed by atoms with Crippen LogP contribution in [0.3, 0.4) is 0 Å². The van der Waals surface area contributed by atoms with Crippen molar-refractivity contribution in [1.82, 2.24) is 10.6 Å². The summed E-state index contributed by atoms with van der Waals surface area (Å²) in [6, 6.07) is 0.351. The summed E-state index contributed by atoms with van der Waals surface area (Å²) in [5.41, 5.74) is 0. The highest BCUT2D eigenvalue weighted by Gasteiger charge is 2.32. The Morgan fingerprint density at radius 1 is 1.47 bits per heavy atom. The van der Waals surface area contributed by atoms with Gasteiger partial charge in [-0.2, -0.15) is 0 Å². The van der Waals surface area contributed by atoms with Crippen LogP contribution in [0.4, 0.5) is 0 Å². The van der Waals surface area contributed by atoms with E-state index in [2.05, 4.69) is 10.6 Å². The Morgan fingerprint density at radius 2 is 2.27 bits per heavy atom. The molecule has 0 bridgehead atoms. The molecule has 2 fully saturated rings. The lowest BCUT2D eigenvalue weighted by Crippen LogP contribution is -2.51. The van der Waals surface area contributed by atoms with Crippen LogP contribution in [0.25, 0.3) is 0 Å². The number of hydrogen-bond donors (Lipinski definition) is 2. The molecule has 1 saturated carbocycles. The molecule has 2 aliphatic rings. The van der Waals surface area contributed by atoms with Crippen molar-refractivity contribution in [3.8, 4) is 0 Å². The summed E-state index contributed by atoms with van der Waals surface area (Å²) in [5, 5.41) is 6.35. The molecular formula is C11H20N2O2.